The Morgan fingerprint density at radius 3 is 2.54 bits per heavy atom. The SMILES string of the molecule is CSC(CO)C(C)NCC(C)C#N. The number of aliphatic hydroxyl groups is 1. The van der Waals surface area contributed by atoms with E-state index in [2.05, 4.69) is 11.4 Å². The quantitative estimate of drug-likeness (QED) is 0.670. The van der Waals surface area contributed by atoms with Gasteiger partial charge >= 0.3 is 0 Å². The fourth-order valence-corrected chi connectivity index (χ4v) is 1.63. The van der Waals surface area contributed by atoms with Crippen molar-refractivity contribution in [2.24, 2.45) is 5.92 Å². The summed E-state index contributed by atoms with van der Waals surface area (Å²) in [7, 11) is 0. The number of hydrogen-bond acceptors (Lipinski definition) is 4. The topological polar surface area (TPSA) is 56.0 Å². The maximum absolute atomic E-state index is 8.99. The van der Waals surface area contributed by atoms with Gasteiger partial charge in [-0.05, 0) is 20.1 Å². The number of thioether (sulfide) groups is 1. The van der Waals surface area contributed by atoms with E-state index in [1.807, 2.05) is 20.1 Å². The van der Waals surface area contributed by atoms with Crippen LogP contribution < -0.4 is 5.32 Å². The van der Waals surface area contributed by atoms with E-state index in [0.717, 1.165) is 0 Å². The van der Waals surface area contributed by atoms with E-state index in [4.69, 9.17) is 10.4 Å². The van der Waals surface area contributed by atoms with Gasteiger partial charge in [-0.25, -0.2) is 0 Å². The Bertz CT molecular complexity index is 165. The van der Waals surface area contributed by atoms with Crippen molar-refractivity contribution in [1.82, 2.24) is 5.32 Å². The average molecular weight is 202 g/mol. The van der Waals surface area contributed by atoms with Gasteiger partial charge < -0.3 is 10.4 Å². The number of rotatable bonds is 6. The highest BCUT2D eigenvalue weighted by molar-refractivity contribution is 7.99. The maximum Gasteiger partial charge on any atom is 0.0666 e. The number of nitrogens with zero attached hydrogens (tertiary/aromatic N) is 1. The van der Waals surface area contributed by atoms with Crippen LogP contribution in [0, 0.1) is 17.2 Å². The molecule has 0 spiro atoms. The Balaban J connectivity index is 3.73. The van der Waals surface area contributed by atoms with Crippen LogP contribution in [0.4, 0.5) is 0 Å². The van der Waals surface area contributed by atoms with Crippen LogP contribution in [0.25, 0.3) is 0 Å². The minimum Gasteiger partial charge on any atom is -0.395 e. The maximum atomic E-state index is 8.99. The van der Waals surface area contributed by atoms with Gasteiger partial charge in [0, 0.05) is 17.8 Å². The lowest BCUT2D eigenvalue weighted by Gasteiger charge is -2.21. The van der Waals surface area contributed by atoms with Gasteiger partial charge in [-0.2, -0.15) is 17.0 Å². The second-order valence-electron chi connectivity index (χ2n) is 3.18. The molecule has 0 fully saturated rings. The molecule has 0 saturated heterocycles. The molecule has 0 aliphatic carbocycles. The van der Waals surface area contributed by atoms with E-state index >= 15 is 0 Å². The van der Waals surface area contributed by atoms with E-state index < -0.39 is 0 Å². The van der Waals surface area contributed by atoms with Crippen LogP contribution in [0.15, 0.2) is 0 Å². The van der Waals surface area contributed by atoms with Gasteiger partial charge in [0.1, 0.15) is 0 Å². The molecule has 0 aromatic rings. The predicted octanol–water partition coefficient (Wildman–Crippen LogP) is 0.848. The first-order valence-electron chi connectivity index (χ1n) is 4.42. The smallest absolute Gasteiger partial charge is 0.0666 e. The lowest BCUT2D eigenvalue weighted by molar-refractivity contribution is 0.275. The van der Waals surface area contributed by atoms with E-state index in [9.17, 15) is 0 Å². The zero-order chi connectivity index (χ0) is 10.3. The Morgan fingerprint density at radius 2 is 2.15 bits per heavy atom. The molecule has 2 N–H and O–H groups in total. The number of hydrogen-bond donors (Lipinski definition) is 2. The Kier molecular flexibility index (Phi) is 7.06. The molecule has 0 aliphatic rings. The highest BCUT2D eigenvalue weighted by atomic mass is 32.2. The van der Waals surface area contributed by atoms with Crippen molar-refractivity contribution < 1.29 is 5.11 Å². The van der Waals surface area contributed by atoms with Gasteiger partial charge in [-0.15, -0.1) is 0 Å². The monoisotopic (exact) mass is 202 g/mol. The van der Waals surface area contributed by atoms with E-state index in [0.29, 0.717) is 6.54 Å². The normalized spacial score (nSPS) is 17.5. The summed E-state index contributed by atoms with van der Waals surface area (Å²) in [4.78, 5) is 0. The number of nitriles is 1. The first-order chi connectivity index (χ1) is 6.15. The minimum atomic E-state index is 0.0312. The molecule has 0 aromatic heterocycles. The van der Waals surface area contributed by atoms with Crippen molar-refractivity contribution in [2.45, 2.75) is 25.1 Å². The van der Waals surface area contributed by atoms with Crippen LogP contribution in [0.5, 0.6) is 0 Å². The summed E-state index contributed by atoms with van der Waals surface area (Å²) in [6.45, 7) is 4.78. The molecule has 3 nitrogen and oxygen atoms in total. The van der Waals surface area contributed by atoms with Crippen LogP contribution in [-0.2, 0) is 0 Å². The molecule has 0 aromatic carbocycles. The van der Waals surface area contributed by atoms with Crippen molar-refractivity contribution in [3.63, 3.8) is 0 Å². The van der Waals surface area contributed by atoms with Crippen molar-refractivity contribution >= 4 is 11.8 Å². The van der Waals surface area contributed by atoms with Crippen molar-refractivity contribution in [3.8, 4) is 6.07 Å². The molecule has 0 heterocycles. The third-order valence-electron chi connectivity index (χ3n) is 2.01. The van der Waals surface area contributed by atoms with Crippen molar-refractivity contribution in [1.29, 1.82) is 5.26 Å². The average Bonchev–Trinajstić information content (AvgIpc) is 2.16. The van der Waals surface area contributed by atoms with Gasteiger partial charge in [-0.3, -0.25) is 0 Å². The molecule has 13 heavy (non-hydrogen) atoms. The molecular weight excluding hydrogens is 184 g/mol. The van der Waals surface area contributed by atoms with E-state index in [-0.39, 0.29) is 23.8 Å². The van der Waals surface area contributed by atoms with Gasteiger partial charge in [0.2, 0.25) is 0 Å². The standard InChI is InChI=1S/C9H18N2OS/c1-7(4-10)5-11-8(2)9(6-12)13-3/h7-9,11-12H,5-6H2,1-3H3. The Labute approximate surface area is 84.5 Å². The van der Waals surface area contributed by atoms with Crippen LogP contribution in [0.2, 0.25) is 0 Å². The highest BCUT2D eigenvalue weighted by Crippen LogP contribution is 2.10. The van der Waals surface area contributed by atoms with Gasteiger partial charge in [0.25, 0.3) is 0 Å². The Morgan fingerprint density at radius 1 is 1.54 bits per heavy atom. The molecule has 76 valence electrons. The van der Waals surface area contributed by atoms with Gasteiger partial charge in [0.15, 0.2) is 0 Å². The molecule has 3 unspecified atom stereocenters. The van der Waals surface area contributed by atoms with Crippen LogP contribution >= 0.6 is 11.8 Å². The third-order valence-corrected chi connectivity index (χ3v) is 3.17. The van der Waals surface area contributed by atoms with Gasteiger partial charge in [0.05, 0.1) is 18.6 Å². The fourth-order valence-electron chi connectivity index (χ4n) is 0.977. The fraction of sp³-hybridized carbons (Fsp3) is 0.889. The lowest BCUT2D eigenvalue weighted by Crippen LogP contribution is -2.39. The van der Waals surface area contributed by atoms with Crippen molar-refractivity contribution in [3.05, 3.63) is 0 Å². The zero-order valence-corrected chi connectivity index (χ0v) is 9.27. The second kappa shape index (κ2) is 7.19. The van der Waals surface area contributed by atoms with E-state index in [1.54, 1.807) is 11.8 Å². The summed E-state index contributed by atoms with van der Waals surface area (Å²) >= 11 is 1.64. The summed E-state index contributed by atoms with van der Waals surface area (Å²) in [6.07, 6.45) is 1.98. The molecule has 0 radical (unpaired) electrons. The molecule has 3 atom stereocenters. The summed E-state index contributed by atoms with van der Waals surface area (Å²) in [5.74, 6) is 0.0312. The lowest BCUT2D eigenvalue weighted by atomic mass is 10.2. The first kappa shape index (κ1) is 12.8. The zero-order valence-electron chi connectivity index (χ0n) is 8.45. The van der Waals surface area contributed by atoms with Crippen molar-refractivity contribution in [2.75, 3.05) is 19.4 Å². The largest absolute Gasteiger partial charge is 0.395 e. The van der Waals surface area contributed by atoms with Crippen LogP contribution in [0.1, 0.15) is 13.8 Å². The minimum absolute atomic E-state index is 0.0312. The first-order valence-corrected chi connectivity index (χ1v) is 5.71. The third kappa shape index (κ3) is 5.14. The summed E-state index contributed by atoms with van der Waals surface area (Å²) < 4.78 is 0. The molecule has 4 heteroatoms. The number of nitrogens with one attached hydrogen (secondary N) is 1. The molecule has 0 bridgehead atoms. The molecule has 0 saturated carbocycles. The van der Waals surface area contributed by atoms with Crippen LogP contribution in [0.3, 0.4) is 0 Å². The molecule has 0 aliphatic heterocycles. The summed E-state index contributed by atoms with van der Waals surface area (Å²) in [5, 5.41) is 21.0. The number of aliphatic hydroxyl groups excluding tert-OH is 1. The van der Waals surface area contributed by atoms with Crippen LogP contribution in [-0.4, -0.2) is 35.8 Å². The van der Waals surface area contributed by atoms with E-state index in [1.165, 1.54) is 0 Å². The second-order valence-corrected chi connectivity index (χ2v) is 4.26. The summed E-state index contributed by atoms with van der Waals surface area (Å²) in [6, 6.07) is 2.41. The molecular formula is C9H18N2OS. The summed E-state index contributed by atoms with van der Waals surface area (Å²) in [5.41, 5.74) is 0. The molecule has 0 amide bonds. The Hall–Kier alpha value is -0.240. The molecule has 0 rings (SSSR count). The highest BCUT2D eigenvalue weighted by Gasteiger charge is 2.14. The predicted molar refractivity (Wildman–Crippen MR) is 56.6 cm³/mol. The van der Waals surface area contributed by atoms with Gasteiger partial charge in [-0.1, -0.05) is 0 Å².